The van der Waals surface area contributed by atoms with Crippen LogP contribution in [0.1, 0.15) is 13.3 Å². The van der Waals surface area contributed by atoms with Crippen LogP contribution < -0.4 is 0 Å². The van der Waals surface area contributed by atoms with Crippen LogP contribution in [-0.2, 0) is 18.9 Å². The molecule has 3 N–H and O–H groups in total. The smallest absolute Gasteiger partial charge is 0.0701 e. The quantitative estimate of drug-likeness (QED) is 0.328. The zero-order valence-electron chi connectivity index (χ0n) is 13.0. The van der Waals surface area contributed by atoms with Crippen LogP contribution in [0, 0.1) is 5.41 Å². The molecule has 0 unspecified atom stereocenters. The zero-order valence-corrected chi connectivity index (χ0v) is 13.0. The third-order valence-electron chi connectivity index (χ3n) is 3.18. The minimum atomic E-state index is -0.558. The van der Waals surface area contributed by atoms with E-state index in [1.54, 1.807) is 0 Å². The van der Waals surface area contributed by atoms with Crippen LogP contribution in [0.4, 0.5) is 0 Å². The monoisotopic (exact) mass is 310 g/mol. The Hall–Kier alpha value is -0.280. The summed E-state index contributed by atoms with van der Waals surface area (Å²) in [7, 11) is 0. The molecule has 0 aliphatic heterocycles. The Bertz CT molecular complexity index is 201. The molecule has 0 atom stereocenters. The highest BCUT2D eigenvalue weighted by molar-refractivity contribution is 4.75. The van der Waals surface area contributed by atoms with Gasteiger partial charge >= 0.3 is 0 Å². The first-order valence-corrected chi connectivity index (χ1v) is 7.38. The van der Waals surface area contributed by atoms with Gasteiger partial charge in [0.25, 0.3) is 0 Å². The Labute approximate surface area is 126 Å². The van der Waals surface area contributed by atoms with Gasteiger partial charge in [0.05, 0.1) is 72.7 Å². The molecule has 21 heavy (non-hydrogen) atoms. The Morgan fingerprint density at radius 1 is 0.667 bits per heavy atom. The number of hydrogen-bond donors (Lipinski definition) is 3. The van der Waals surface area contributed by atoms with Crippen molar-refractivity contribution in [3.63, 3.8) is 0 Å². The summed E-state index contributed by atoms with van der Waals surface area (Å²) in [5, 5.41) is 27.0. The molecule has 0 bridgehead atoms. The van der Waals surface area contributed by atoms with Gasteiger partial charge in [-0.15, -0.1) is 0 Å². The Kier molecular flexibility index (Phi) is 14.5. The third-order valence-corrected chi connectivity index (χ3v) is 3.18. The lowest BCUT2D eigenvalue weighted by Gasteiger charge is -2.27. The van der Waals surface area contributed by atoms with Crippen molar-refractivity contribution in [1.82, 2.24) is 0 Å². The van der Waals surface area contributed by atoms with E-state index in [0.29, 0.717) is 59.3 Å². The van der Waals surface area contributed by atoms with Gasteiger partial charge in [0.15, 0.2) is 0 Å². The molecule has 0 saturated heterocycles. The van der Waals surface area contributed by atoms with E-state index in [-0.39, 0.29) is 19.8 Å². The fraction of sp³-hybridized carbons (Fsp3) is 1.00. The first-order chi connectivity index (χ1) is 10.2. The molecular weight excluding hydrogens is 280 g/mol. The molecule has 0 rings (SSSR count). The summed E-state index contributed by atoms with van der Waals surface area (Å²) in [6, 6.07) is 0. The van der Waals surface area contributed by atoms with Crippen molar-refractivity contribution in [3.05, 3.63) is 0 Å². The predicted molar refractivity (Wildman–Crippen MR) is 77.3 cm³/mol. The van der Waals surface area contributed by atoms with Crippen LogP contribution in [0.5, 0.6) is 0 Å². The van der Waals surface area contributed by atoms with Crippen LogP contribution in [-0.4, -0.2) is 88.0 Å². The third kappa shape index (κ3) is 11.0. The maximum atomic E-state index is 9.24. The molecule has 0 aliphatic carbocycles. The van der Waals surface area contributed by atoms with Crippen molar-refractivity contribution in [3.8, 4) is 0 Å². The summed E-state index contributed by atoms with van der Waals surface area (Å²) in [6.07, 6.45) is 0.660. The van der Waals surface area contributed by atoms with Crippen molar-refractivity contribution in [2.45, 2.75) is 13.3 Å². The van der Waals surface area contributed by atoms with Crippen molar-refractivity contribution in [2.24, 2.45) is 5.41 Å². The second-order valence-electron chi connectivity index (χ2n) is 4.78. The lowest BCUT2D eigenvalue weighted by atomic mass is 9.88. The molecular formula is C14H30O7. The second-order valence-corrected chi connectivity index (χ2v) is 4.78. The lowest BCUT2D eigenvalue weighted by Crippen LogP contribution is -2.34. The Balaban J connectivity index is 3.29. The van der Waals surface area contributed by atoms with Crippen molar-refractivity contribution >= 4 is 0 Å². The molecule has 0 amide bonds. The van der Waals surface area contributed by atoms with E-state index in [1.165, 1.54) is 0 Å². The van der Waals surface area contributed by atoms with Crippen LogP contribution in [0.25, 0.3) is 0 Å². The van der Waals surface area contributed by atoms with E-state index in [2.05, 4.69) is 0 Å². The SMILES string of the molecule is CCC(CO)(CO)COCCOCCOCCOCCO. The van der Waals surface area contributed by atoms with Gasteiger partial charge in [0.2, 0.25) is 0 Å². The zero-order chi connectivity index (χ0) is 15.8. The highest BCUT2D eigenvalue weighted by Crippen LogP contribution is 2.20. The summed E-state index contributed by atoms with van der Waals surface area (Å²) >= 11 is 0. The highest BCUT2D eigenvalue weighted by Gasteiger charge is 2.26. The summed E-state index contributed by atoms with van der Waals surface area (Å²) < 4.78 is 21.0. The van der Waals surface area contributed by atoms with Gasteiger partial charge < -0.3 is 34.3 Å². The molecule has 0 aromatic carbocycles. The number of rotatable bonds is 16. The van der Waals surface area contributed by atoms with E-state index in [4.69, 9.17) is 24.1 Å². The van der Waals surface area contributed by atoms with Gasteiger partial charge in [-0.05, 0) is 6.42 Å². The second kappa shape index (κ2) is 14.6. The number of aliphatic hydroxyl groups excluding tert-OH is 3. The number of hydrogen-bond acceptors (Lipinski definition) is 7. The topological polar surface area (TPSA) is 97.6 Å². The molecule has 128 valence electrons. The first kappa shape index (κ1) is 20.7. The van der Waals surface area contributed by atoms with Crippen LogP contribution in [0.3, 0.4) is 0 Å². The van der Waals surface area contributed by atoms with Crippen molar-refractivity contribution < 1.29 is 34.3 Å². The van der Waals surface area contributed by atoms with Crippen LogP contribution in [0.2, 0.25) is 0 Å². The van der Waals surface area contributed by atoms with E-state index < -0.39 is 5.41 Å². The molecule has 0 radical (unpaired) electrons. The molecule has 0 aliphatic rings. The van der Waals surface area contributed by atoms with Gasteiger partial charge in [0, 0.05) is 5.41 Å². The minimum Gasteiger partial charge on any atom is -0.396 e. The van der Waals surface area contributed by atoms with E-state index >= 15 is 0 Å². The molecule has 0 aromatic rings. The maximum Gasteiger partial charge on any atom is 0.0701 e. The summed E-state index contributed by atoms with van der Waals surface area (Å²) in [5.41, 5.74) is -0.558. The van der Waals surface area contributed by atoms with E-state index in [9.17, 15) is 10.2 Å². The predicted octanol–water partition coefficient (Wildman–Crippen LogP) is -0.574. The average Bonchev–Trinajstić information content (AvgIpc) is 2.53. The molecule has 7 nitrogen and oxygen atoms in total. The number of aliphatic hydroxyl groups is 3. The molecule has 0 spiro atoms. The largest absolute Gasteiger partial charge is 0.396 e. The van der Waals surface area contributed by atoms with Gasteiger partial charge in [0.1, 0.15) is 0 Å². The van der Waals surface area contributed by atoms with Gasteiger partial charge in [-0.1, -0.05) is 6.92 Å². The van der Waals surface area contributed by atoms with Crippen molar-refractivity contribution in [1.29, 1.82) is 0 Å². The highest BCUT2D eigenvalue weighted by atomic mass is 16.6. The number of ether oxygens (including phenoxy) is 4. The maximum absolute atomic E-state index is 9.24. The molecule has 7 heteroatoms. The van der Waals surface area contributed by atoms with Crippen LogP contribution >= 0.6 is 0 Å². The standard InChI is InChI=1S/C14H30O7/c1-2-14(11-16,12-17)13-21-10-9-20-8-7-19-6-5-18-4-3-15/h15-17H,2-13H2,1H3. The van der Waals surface area contributed by atoms with Crippen LogP contribution in [0.15, 0.2) is 0 Å². The summed E-state index contributed by atoms with van der Waals surface area (Å²) in [6.45, 7) is 5.16. The van der Waals surface area contributed by atoms with Gasteiger partial charge in [-0.25, -0.2) is 0 Å². The minimum absolute atomic E-state index is 0.0228. The Morgan fingerprint density at radius 3 is 1.48 bits per heavy atom. The van der Waals surface area contributed by atoms with E-state index in [0.717, 1.165) is 0 Å². The fourth-order valence-electron chi connectivity index (χ4n) is 1.48. The van der Waals surface area contributed by atoms with Gasteiger partial charge in [-0.2, -0.15) is 0 Å². The molecule has 0 saturated carbocycles. The summed E-state index contributed by atoms with van der Waals surface area (Å²) in [4.78, 5) is 0. The molecule has 0 heterocycles. The van der Waals surface area contributed by atoms with Gasteiger partial charge in [-0.3, -0.25) is 0 Å². The molecule has 0 aromatic heterocycles. The Morgan fingerprint density at radius 2 is 1.10 bits per heavy atom. The van der Waals surface area contributed by atoms with E-state index in [1.807, 2.05) is 6.92 Å². The normalized spacial score (nSPS) is 12.0. The lowest BCUT2D eigenvalue weighted by molar-refractivity contribution is -0.0494. The first-order valence-electron chi connectivity index (χ1n) is 7.38. The fourth-order valence-corrected chi connectivity index (χ4v) is 1.48. The molecule has 0 fully saturated rings. The summed E-state index contributed by atoms with van der Waals surface area (Å²) in [5.74, 6) is 0. The van der Waals surface area contributed by atoms with Crippen molar-refractivity contribution in [2.75, 3.05) is 72.7 Å². The average molecular weight is 310 g/mol.